The minimum atomic E-state index is -3.94. The van der Waals surface area contributed by atoms with Gasteiger partial charge in [0.15, 0.2) is 12.7 Å². The molecule has 0 saturated heterocycles. The van der Waals surface area contributed by atoms with Crippen LogP contribution in [0.15, 0.2) is 102 Å². The maximum absolute atomic E-state index is 13.3. The number of amides is 2. The predicted octanol–water partition coefficient (Wildman–Crippen LogP) is 4.47. The number of ether oxygens (including phenoxy) is 2. The summed E-state index contributed by atoms with van der Waals surface area (Å²) in [5, 5.41) is 2.89. The molecule has 1 aliphatic heterocycles. The summed E-state index contributed by atoms with van der Waals surface area (Å²) in [4.78, 5) is 27.7. The smallest absolute Gasteiger partial charge is 0.265 e. The lowest BCUT2D eigenvalue weighted by atomic mass is 10.1. The number of aryl methyl sites for hydroxylation is 1. The van der Waals surface area contributed by atoms with Crippen LogP contribution in [0.1, 0.15) is 11.1 Å². The van der Waals surface area contributed by atoms with Gasteiger partial charge in [-0.1, -0.05) is 42.5 Å². The molecule has 2 N–H and O–H groups in total. The van der Waals surface area contributed by atoms with Crippen molar-refractivity contribution < 1.29 is 31.9 Å². The van der Waals surface area contributed by atoms with E-state index in [9.17, 15) is 22.4 Å². The number of anilines is 2. The van der Waals surface area contributed by atoms with Crippen molar-refractivity contribution >= 4 is 33.2 Å². The zero-order valence-corrected chi connectivity index (χ0v) is 24.1. The Morgan fingerprint density at radius 3 is 2.44 bits per heavy atom. The maximum atomic E-state index is 13.3. The molecule has 5 rings (SSSR count). The third-order valence-corrected chi connectivity index (χ3v) is 8.21. The van der Waals surface area contributed by atoms with Gasteiger partial charge in [-0.15, -0.1) is 0 Å². The van der Waals surface area contributed by atoms with Gasteiger partial charge in [-0.2, -0.15) is 0 Å². The van der Waals surface area contributed by atoms with E-state index in [1.54, 1.807) is 31.2 Å². The fraction of sp³-hybridized carbons (Fsp3) is 0.188. The van der Waals surface area contributed by atoms with Gasteiger partial charge in [-0.3, -0.25) is 14.3 Å². The van der Waals surface area contributed by atoms with Crippen molar-refractivity contribution in [2.45, 2.75) is 24.3 Å². The molecule has 43 heavy (non-hydrogen) atoms. The van der Waals surface area contributed by atoms with E-state index in [1.165, 1.54) is 35.2 Å². The molecule has 0 aromatic heterocycles. The van der Waals surface area contributed by atoms with Gasteiger partial charge in [0.2, 0.25) is 0 Å². The van der Waals surface area contributed by atoms with Crippen LogP contribution in [0.5, 0.6) is 11.5 Å². The molecule has 0 bridgehead atoms. The number of rotatable bonds is 10. The van der Waals surface area contributed by atoms with Crippen molar-refractivity contribution in [2.24, 2.45) is 0 Å². The second kappa shape index (κ2) is 13.0. The van der Waals surface area contributed by atoms with E-state index >= 15 is 0 Å². The summed E-state index contributed by atoms with van der Waals surface area (Å²) >= 11 is 0. The molecule has 0 spiro atoms. The first-order valence-electron chi connectivity index (χ1n) is 13.6. The van der Waals surface area contributed by atoms with Crippen molar-refractivity contribution in [3.05, 3.63) is 114 Å². The lowest BCUT2D eigenvalue weighted by molar-refractivity contribution is -0.128. The lowest BCUT2D eigenvalue weighted by Crippen LogP contribution is -2.52. The average molecular weight is 604 g/mol. The van der Waals surface area contributed by atoms with Gasteiger partial charge in [0.1, 0.15) is 17.3 Å². The van der Waals surface area contributed by atoms with Crippen LogP contribution < -0.4 is 24.4 Å². The Morgan fingerprint density at radius 2 is 1.70 bits per heavy atom. The van der Waals surface area contributed by atoms with Gasteiger partial charge in [-0.05, 0) is 79.1 Å². The summed E-state index contributed by atoms with van der Waals surface area (Å²) in [6, 6.07) is 26.0. The largest absolute Gasteiger partial charge is 0.483 e. The Bertz CT molecular complexity index is 1720. The zero-order chi connectivity index (χ0) is 30.4. The molecule has 0 saturated carbocycles. The van der Waals surface area contributed by atoms with E-state index in [4.69, 9.17) is 9.47 Å². The molecule has 9 nitrogen and oxygen atoms in total. The summed E-state index contributed by atoms with van der Waals surface area (Å²) in [7, 11) is -3.94. The fourth-order valence-corrected chi connectivity index (χ4v) is 5.74. The summed E-state index contributed by atoms with van der Waals surface area (Å²) < 4.78 is 52.9. The normalized spacial score (nSPS) is 14.3. The van der Waals surface area contributed by atoms with Crippen molar-refractivity contribution in [1.29, 1.82) is 0 Å². The van der Waals surface area contributed by atoms with Gasteiger partial charge in [0.05, 0.1) is 17.1 Å². The first-order valence-corrected chi connectivity index (χ1v) is 15.1. The molecular formula is C32H30FN3O6S. The molecule has 1 aliphatic rings. The number of carbonyl (C=O) groups excluding carboxylic acids is 2. The lowest BCUT2D eigenvalue weighted by Gasteiger charge is -2.34. The first kappa shape index (κ1) is 29.6. The molecule has 4 aromatic carbocycles. The molecule has 222 valence electrons. The van der Waals surface area contributed by atoms with Gasteiger partial charge in [0, 0.05) is 12.2 Å². The molecule has 0 aliphatic carbocycles. The third-order valence-electron chi connectivity index (χ3n) is 6.83. The number of fused-ring (bicyclic) bond motifs is 1. The van der Waals surface area contributed by atoms with E-state index < -0.39 is 27.9 Å². The number of sulfonamides is 1. The minimum absolute atomic E-state index is 0.00158. The molecule has 1 atom stereocenters. The van der Waals surface area contributed by atoms with Gasteiger partial charge >= 0.3 is 0 Å². The standard InChI is InChI=1S/C32H30FN3O6S/c1-22-19-26(43(39,40)35-25-13-11-24(33)12-14-25)15-16-28(22)41-21-31(37)36-20-30(42-29-10-6-5-9-27(29)36)32(38)34-18-17-23-7-3-2-4-8-23/h2-16,19,30,35H,17-18,20-21H2,1H3,(H,34,38). The van der Waals surface area contributed by atoms with Crippen LogP contribution in [0.4, 0.5) is 15.8 Å². The van der Waals surface area contributed by atoms with Crippen LogP contribution in [0.2, 0.25) is 0 Å². The Morgan fingerprint density at radius 1 is 0.977 bits per heavy atom. The Labute approximate surface area is 249 Å². The monoisotopic (exact) mass is 603 g/mol. The highest BCUT2D eigenvalue weighted by Gasteiger charge is 2.34. The molecular weight excluding hydrogens is 573 g/mol. The number of nitrogens with zero attached hydrogens (tertiary/aromatic N) is 1. The van der Waals surface area contributed by atoms with Gasteiger partial charge in [-0.25, -0.2) is 12.8 Å². The summed E-state index contributed by atoms with van der Waals surface area (Å²) in [5.74, 6) is -0.471. The van der Waals surface area contributed by atoms with Crippen LogP contribution in [-0.2, 0) is 26.0 Å². The molecule has 1 heterocycles. The Balaban J connectivity index is 1.22. The second-order valence-corrected chi connectivity index (χ2v) is 11.6. The van der Waals surface area contributed by atoms with Gasteiger partial charge < -0.3 is 19.7 Å². The zero-order valence-electron chi connectivity index (χ0n) is 23.3. The van der Waals surface area contributed by atoms with Crippen molar-refractivity contribution in [3.63, 3.8) is 0 Å². The number of nitrogens with one attached hydrogen (secondary N) is 2. The van der Waals surface area contributed by atoms with Crippen LogP contribution in [0.25, 0.3) is 0 Å². The van der Waals surface area contributed by atoms with Crippen LogP contribution in [0.3, 0.4) is 0 Å². The molecule has 1 unspecified atom stereocenters. The highest BCUT2D eigenvalue weighted by Crippen LogP contribution is 2.33. The highest BCUT2D eigenvalue weighted by atomic mass is 32.2. The number of carbonyl (C=O) groups is 2. The fourth-order valence-electron chi connectivity index (χ4n) is 4.60. The summed E-state index contributed by atoms with van der Waals surface area (Å²) in [6.07, 6.45) is -0.247. The average Bonchev–Trinajstić information content (AvgIpc) is 3.01. The van der Waals surface area contributed by atoms with E-state index in [0.29, 0.717) is 35.7 Å². The number of halogens is 1. The Kier molecular flexibility index (Phi) is 8.91. The summed E-state index contributed by atoms with van der Waals surface area (Å²) in [5.41, 5.74) is 2.33. The van der Waals surface area contributed by atoms with E-state index in [0.717, 1.165) is 17.7 Å². The third kappa shape index (κ3) is 7.31. The topological polar surface area (TPSA) is 114 Å². The molecule has 0 radical (unpaired) electrons. The van der Waals surface area contributed by atoms with Crippen LogP contribution >= 0.6 is 0 Å². The van der Waals surface area contributed by atoms with Crippen molar-refractivity contribution in [2.75, 3.05) is 29.3 Å². The quantitative estimate of drug-likeness (QED) is 0.277. The SMILES string of the molecule is Cc1cc(S(=O)(=O)Nc2ccc(F)cc2)ccc1OCC(=O)N1CC(C(=O)NCCc2ccccc2)Oc2ccccc21. The van der Waals surface area contributed by atoms with Crippen molar-refractivity contribution in [3.8, 4) is 11.5 Å². The van der Waals surface area contributed by atoms with Crippen molar-refractivity contribution in [1.82, 2.24) is 5.32 Å². The number of hydrogen-bond acceptors (Lipinski definition) is 6. The second-order valence-electron chi connectivity index (χ2n) is 9.93. The molecule has 2 amide bonds. The maximum Gasteiger partial charge on any atom is 0.265 e. The van der Waals surface area contributed by atoms with Gasteiger partial charge in [0.25, 0.3) is 21.8 Å². The predicted molar refractivity (Wildman–Crippen MR) is 160 cm³/mol. The van der Waals surface area contributed by atoms with Crippen LogP contribution in [-0.4, -0.2) is 46.0 Å². The number of hydrogen-bond donors (Lipinski definition) is 2. The molecule has 4 aromatic rings. The Hall–Kier alpha value is -4.90. The number of para-hydroxylation sites is 2. The highest BCUT2D eigenvalue weighted by molar-refractivity contribution is 7.92. The molecule has 0 fully saturated rings. The van der Waals surface area contributed by atoms with E-state index in [1.807, 2.05) is 30.3 Å². The van der Waals surface area contributed by atoms with Crippen LogP contribution in [0, 0.1) is 12.7 Å². The minimum Gasteiger partial charge on any atom is -0.483 e. The summed E-state index contributed by atoms with van der Waals surface area (Å²) in [6.45, 7) is 1.74. The first-order chi connectivity index (χ1) is 20.7. The molecule has 11 heteroatoms. The van der Waals surface area contributed by atoms with E-state index in [-0.39, 0.29) is 29.6 Å². The number of benzene rings is 4. The van der Waals surface area contributed by atoms with E-state index in [2.05, 4.69) is 10.0 Å².